The number of rotatable bonds is 9. The summed E-state index contributed by atoms with van der Waals surface area (Å²) in [6.45, 7) is 13.9. The molecule has 1 saturated heterocycles. The lowest BCUT2D eigenvalue weighted by Crippen LogP contribution is -2.47. The van der Waals surface area contributed by atoms with Crippen molar-refractivity contribution < 1.29 is 4.79 Å². The second-order valence-electron chi connectivity index (χ2n) is 9.71. The van der Waals surface area contributed by atoms with Crippen LogP contribution in [0.15, 0.2) is 42.5 Å². The molecule has 1 amide bonds. The number of imidazole rings is 1. The van der Waals surface area contributed by atoms with Crippen LogP contribution >= 0.6 is 11.6 Å². The van der Waals surface area contributed by atoms with Gasteiger partial charge in [-0.2, -0.15) is 0 Å². The number of aryl methyl sites for hydroxylation is 2. The van der Waals surface area contributed by atoms with Crippen LogP contribution in [0.25, 0.3) is 5.69 Å². The second-order valence-corrected chi connectivity index (χ2v) is 10.1. The fourth-order valence-corrected chi connectivity index (χ4v) is 5.11. The van der Waals surface area contributed by atoms with Gasteiger partial charge in [0.15, 0.2) is 0 Å². The van der Waals surface area contributed by atoms with Crippen LogP contribution in [-0.2, 0) is 6.42 Å². The van der Waals surface area contributed by atoms with Gasteiger partial charge in [-0.05, 0) is 70.0 Å². The minimum atomic E-state index is -0.0861. The topological polar surface area (TPSA) is 53.4 Å². The van der Waals surface area contributed by atoms with Gasteiger partial charge >= 0.3 is 0 Å². The third-order valence-electron chi connectivity index (χ3n) is 7.05. The first-order valence-corrected chi connectivity index (χ1v) is 13.4. The highest BCUT2D eigenvalue weighted by atomic mass is 35.5. The molecule has 0 radical (unpaired) electrons. The molecule has 3 aromatic rings. The van der Waals surface area contributed by atoms with Crippen molar-refractivity contribution >= 4 is 23.2 Å². The van der Waals surface area contributed by atoms with Gasteiger partial charge in [0.1, 0.15) is 11.5 Å². The monoisotopic (exact) mass is 507 g/mol. The summed E-state index contributed by atoms with van der Waals surface area (Å²) in [5.74, 6) is 0.855. The number of hydrogen-bond acceptors (Lipinski definition) is 4. The summed E-state index contributed by atoms with van der Waals surface area (Å²) in [6.07, 6.45) is 2.73. The number of carbonyl (C=O) groups excluding carboxylic acids is 1. The Hall–Kier alpha value is -2.83. The summed E-state index contributed by atoms with van der Waals surface area (Å²) < 4.78 is 2.12. The van der Waals surface area contributed by atoms with Gasteiger partial charge in [0.05, 0.1) is 5.69 Å². The zero-order valence-corrected chi connectivity index (χ0v) is 22.7. The van der Waals surface area contributed by atoms with Gasteiger partial charge in [-0.15, -0.1) is 0 Å². The Labute approximate surface area is 220 Å². The van der Waals surface area contributed by atoms with Crippen LogP contribution in [-0.4, -0.2) is 59.6 Å². The SMILES string of the molecule is CCCc1nc(C(=O)NCCCN2CCN(c3cccc(Cl)c3C)CC2)c(C)n1-c1ccc(C)cc1. The molecule has 36 heavy (non-hydrogen) atoms. The summed E-state index contributed by atoms with van der Waals surface area (Å²) in [5, 5.41) is 3.93. The maximum absolute atomic E-state index is 13.0. The Morgan fingerprint density at radius 2 is 1.75 bits per heavy atom. The van der Waals surface area contributed by atoms with Gasteiger partial charge < -0.3 is 14.8 Å². The normalized spacial score (nSPS) is 14.3. The van der Waals surface area contributed by atoms with Crippen molar-refractivity contribution in [3.05, 3.63) is 75.8 Å². The number of piperazine rings is 1. The summed E-state index contributed by atoms with van der Waals surface area (Å²) in [4.78, 5) is 22.6. The van der Waals surface area contributed by atoms with Crippen LogP contribution in [0.1, 0.15) is 52.9 Å². The van der Waals surface area contributed by atoms with E-state index in [-0.39, 0.29) is 5.91 Å². The number of aromatic nitrogens is 2. The van der Waals surface area contributed by atoms with Crippen LogP contribution in [0.4, 0.5) is 5.69 Å². The summed E-state index contributed by atoms with van der Waals surface area (Å²) in [5.41, 5.74) is 6.08. The minimum absolute atomic E-state index is 0.0861. The van der Waals surface area contributed by atoms with Gasteiger partial charge in [-0.1, -0.05) is 42.3 Å². The molecule has 1 N–H and O–H groups in total. The number of hydrogen-bond donors (Lipinski definition) is 1. The van der Waals surface area contributed by atoms with Crippen LogP contribution in [0.3, 0.4) is 0 Å². The molecule has 1 aliphatic heterocycles. The van der Waals surface area contributed by atoms with E-state index in [4.69, 9.17) is 16.6 Å². The third-order valence-corrected chi connectivity index (χ3v) is 7.46. The van der Waals surface area contributed by atoms with E-state index >= 15 is 0 Å². The molecule has 2 aromatic carbocycles. The molecule has 7 heteroatoms. The number of nitrogens with one attached hydrogen (secondary N) is 1. The van der Waals surface area contributed by atoms with Crippen molar-refractivity contribution in [2.24, 2.45) is 0 Å². The van der Waals surface area contributed by atoms with Crippen molar-refractivity contribution in [1.29, 1.82) is 0 Å². The summed E-state index contributed by atoms with van der Waals surface area (Å²) in [6, 6.07) is 14.5. The second kappa shape index (κ2) is 11.9. The molecule has 0 unspecified atom stereocenters. The molecule has 4 rings (SSSR count). The van der Waals surface area contributed by atoms with Gasteiger partial charge in [0, 0.05) is 55.5 Å². The third kappa shape index (κ3) is 5.93. The minimum Gasteiger partial charge on any atom is -0.369 e. The first-order valence-electron chi connectivity index (χ1n) is 13.0. The lowest BCUT2D eigenvalue weighted by atomic mass is 10.1. The smallest absolute Gasteiger partial charge is 0.271 e. The van der Waals surface area contributed by atoms with Crippen LogP contribution in [0, 0.1) is 20.8 Å². The lowest BCUT2D eigenvalue weighted by molar-refractivity contribution is 0.0946. The van der Waals surface area contributed by atoms with Gasteiger partial charge in [-0.3, -0.25) is 9.69 Å². The Kier molecular flexibility index (Phi) is 8.70. The lowest BCUT2D eigenvalue weighted by Gasteiger charge is -2.37. The van der Waals surface area contributed by atoms with Gasteiger partial charge in [-0.25, -0.2) is 4.98 Å². The molecule has 1 aromatic heterocycles. The fraction of sp³-hybridized carbons (Fsp3) is 0.448. The highest BCUT2D eigenvalue weighted by molar-refractivity contribution is 6.31. The van der Waals surface area contributed by atoms with E-state index in [2.05, 4.69) is 70.8 Å². The zero-order valence-electron chi connectivity index (χ0n) is 22.0. The maximum Gasteiger partial charge on any atom is 0.271 e. The number of nitrogens with zero attached hydrogens (tertiary/aromatic N) is 4. The van der Waals surface area contributed by atoms with Crippen LogP contribution in [0.2, 0.25) is 5.02 Å². The van der Waals surface area contributed by atoms with Crippen molar-refractivity contribution in [1.82, 2.24) is 19.8 Å². The molecule has 0 spiro atoms. The summed E-state index contributed by atoms with van der Waals surface area (Å²) in [7, 11) is 0. The molecule has 0 aliphatic carbocycles. The standard InChI is InChI=1S/C29H38ClN5O/c1-5-8-27-32-28(23(4)35(27)24-13-11-21(2)12-14-24)29(36)31-15-7-16-33-17-19-34(20-18-33)26-10-6-9-25(30)22(26)3/h6,9-14H,5,7-8,15-20H2,1-4H3,(H,31,36). The fourth-order valence-electron chi connectivity index (χ4n) is 4.94. The molecule has 0 atom stereocenters. The molecule has 6 nitrogen and oxygen atoms in total. The van der Waals surface area contributed by atoms with Gasteiger partial charge in [0.2, 0.25) is 0 Å². The quantitative estimate of drug-likeness (QED) is 0.397. The highest BCUT2D eigenvalue weighted by Crippen LogP contribution is 2.27. The molecular weight excluding hydrogens is 470 g/mol. The van der Waals surface area contributed by atoms with Crippen LogP contribution < -0.4 is 10.2 Å². The molecule has 2 heterocycles. The highest BCUT2D eigenvalue weighted by Gasteiger charge is 2.21. The average Bonchev–Trinajstić information content (AvgIpc) is 3.20. The Balaban J connectivity index is 1.29. The average molecular weight is 508 g/mol. The predicted molar refractivity (Wildman–Crippen MR) is 149 cm³/mol. The number of amides is 1. The first-order chi connectivity index (χ1) is 17.4. The maximum atomic E-state index is 13.0. The van der Waals surface area contributed by atoms with Crippen molar-refractivity contribution in [3.63, 3.8) is 0 Å². The number of benzene rings is 2. The van der Waals surface area contributed by atoms with Gasteiger partial charge in [0.25, 0.3) is 5.91 Å². The summed E-state index contributed by atoms with van der Waals surface area (Å²) >= 11 is 6.31. The number of halogens is 1. The van der Waals surface area contributed by atoms with E-state index < -0.39 is 0 Å². The Bertz CT molecular complexity index is 1180. The van der Waals surface area contributed by atoms with E-state index in [1.807, 2.05) is 19.1 Å². The number of carbonyl (C=O) groups is 1. The van der Waals surface area contributed by atoms with E-state index in [9.17, 15) is 4.79 Å². The van der Waals surface area contributed by atoms with E-state index in [0.717, 1.165) is 79.8 Å². The molecule has 192 valence electrons. The van der Waals surface area contributed by atoms with Crippen molar-refractivity contribution in [3.8, 4) is 5.69 Å². The predicted octanol–water partition coefficient (Wildman–Crippen LogP) is 5.35. The van der Waals surface area contributed by atoms with Crippen LogP contribution in [0.5, 0.6) is 0 Å². The zero-order chi connectivity index (χ0) is 25.7. The van der Waals surface area contributed by atoms with E-state index in [1.165, 1.54) is 11.3 Å². The first kappa shape index (κ1) is 26.2. The molecule has 1 fully saturated rings. The Morgan fingerprint density at radius 1 is 1.03 bits per heavy atom. The molecule has 0 bridgehead atoms. The largest absolute Gasteiger partial charge is 0.369 e. The molecule has 0 saturated carbocycles. The molecule has 1 aliphatic rings. The van der Waals surface area contributed by atoms with Crippen molar-refractivity contribution in [2.75, 3.05) is 44.2 Å². The van der Waals surface area contributed by atoms with E-state index in [0.29, 0.717) is 12.2 Å². The number of anilines is 1. The molecular formula is C29H38ClN5O. The Morgan fingerprint density at radius 3 is 2.44 bits per heavy atom. The van der Waals surface area contributed by atoms with E-state index in [1.54, 1.807) is 0 Å². The van der Waals surface area contributed by atoms with Crippen molar-refractivity contribution in [2.45, 2.75) is 47.0 Å².